The molecule has 1 aliphatic rings. The molecule has 4 rings (SSSR count). The molecule has 1 N–H and O–H groups in total. The number of ether oxygens (including phenoxy) is 1. The van der Waals surface area contributed by atoms with E-state index in [1.54, 1.807) is 7.11 Å². The standard InChI is InChI=1S/C20H24N4O2/c1-14-11-19(26-23-14)17-12-21-22-20(17)18-5-3-4-10-24(18)13-15-6-8-16(25-2)9-7-15/h6-9,11-12,18H,3-5,10,13H2,1-2H3,(H,21,22)/t18-/m1/s1. The normalized spacial score (nSPS) is 18.2. The Morgan fingerprint density at radius 2 is 2.12 bits per heavy atom. The Morgan fingerprint density at radius 1 is 1.27 bits per heavy atom. The summed E-state index contributed by atoms with van der Waals surface area (Å²) in [5.74, 6) is 1.67. The Balaban J connectivity index is 1.59. The number of nitrogens with zero attached hydrogens (tertiary/aromatic N) is 3. The van der Waals surface area contributed by atoms with Gasteiger partial charge in [0.2, 0.25) is 0 Å². The number of aromatic nitrogens is 3. The van der Waals surface area contributed by atoms with Gasteiger partial charge < -0.3 is 9.26 Å². The Hall–Kier alpha value is -2.60. The van der Waals surface area contributed by atoms with E-state index in [4.69, 9.17) is 9.26 Å². The number of likely N-dealkylation sites (tertiary alicyclic amines) is 1. The zero-order valence-corrected chi connectivity index (χ0v) is 15.2. The van der Waals surface area contributed by atoms with Crippen molar-refractivity contribution in [2.75, 3.05) is 13.7 Å². The highest BCUT2D eigenvalue weighted by molar-refractivity contribution is 5.60. The van der Waals surface area contributed by atoms with Crippen LogP contribution >= 0.6 is 0 Å². The van der Waals surface area contributed by atoms with Crippen LogP contribution in [-0.2, 0) is 6.54 Å². The minimum atomic E-state index is 0.300. The first-order valence-electron chi connectivity index (χ1n) is 9.08. The number of H-pyrrole nitrogens is 1. The van der Waals surface area contributed by atoms with Gasteiger partial charge in [-0.2, -0.15) is 5.10 Å². The van der Waals surface area contributed by atoms with Crippen molar-refractivity contribution < 1.29 is 9.26 Å². The molecule has 0 unspecified atom stereocenters. The van der Waals surface area contributed by atoms with Gasteiger partial charge in [-0.15, -0.1) is 0 Å². The molecule has 26 heavy (non-hydrogen) atoms. The SMILES string of the molecule is COc1ccc(CN2CCCC[C@@H]2c2[nH]ncc2-c2cc(C)no2)cc1. The summed E-state index contributed by atoms with van der Waals surface area (Å²) in [6, 6.07) is 10.6. The molecule has 136 valence electrons. The first-order valence-corrected chi connectivity index (χ1v) is 9.08. The zero-order chi connectivity index (χ0) is 17.9. The highest BCUT2D eigenvalue weighted by atomic mass is 16.5. The molecule has 1 atom stereocenters. The lowest BCUT2D eigenvalue weighted by molar-refractivity contribution is 0.137. The molecule has 1 saturated heterocycles. The van der Waals surface area contributed by atoms with Crippen LogP contribution in [0, 0.1) is 6.92 Å². The number of benzene rings is 1. The minimum absolute atomic E-state index is 0.300. The van der Waals surface area contributed by atoms with Gasteiger partial charge >= 0.3 is 0 Å². The van der Waals surface area contributed by atoms with E-state index in [1.807, 2.05) is 31.3 Å². The molecule has 2 aromatic heterocycles. The second-order valence-corrected chi connectivity index (χ2v) is 6.86. The molecule has 0 saturated carbocycles. The maximum absolute atomic E-state index is 5.48. The van der Waals surface area contributed by atoms with Crippen molar-refractivity contribution in [2.24, 2.45) is 0 Å². The molecular formula is C20H24N4O2. The first-order chi connectivity index (χ1) is 12.7. The smallest absolute Gasteiger partial charge is 0.170 e. The molecule has 1 aromatic carbocycles. The van der Waals surface area contributed by atoms with Crippen molar-refractivity contribution in [3.63, 3.8) is 0 Å². The number of aromatic amines is 1. The van der Waals surface area contributed by atoms with Crippen LogP contribution in [-0.4, -0.2) is 33.9 Å². The summed E-state index contributed by atoms with van der Waals surface area (Å²) in [6.45, 7) is 3.91. The minimum Gasteiger partial charge on any atom is -0.497 e. The van der Waals surface area contributed by atoms with Gasteiger partial charge in [-0.25, -0.2) is 0 Å². The van der Waals surface area contributed by atoms with E-state index in [1.165, 1.54) is 18.4 Å². The molecule has 0 radical (unpaired) electrons. The quantitative estimate of drug-likeness (QED) is 0.748. The Kier molecular flexibility index (Phi) is 4.75. The van der Waals surface area contributed by atoms with Gasteiger partial charge in [0, 0.05) is 12.6 Å². The fraction of sp³-hybridized carbons (Fsp3) is 0.400. The van der Waals surface area contributed by atoms with Gasteiger partial charge in [0.15, 0.2) is 5.76 Å². The van der Waals surface area contributed by atoms with Crippen LogP contribution in [0.3, 0.4) is 0 Å². The summed E-state index contributed by atoms with van der Waals surface area (Å²) in [5.41, 5.74) is 4.30. The van der Waals surface area contributed by atoms with E-state index in [0.717, 1.165) is 48.0 Å². The third-order valence-electron chi connectivity index (χ3n) is 5.05. The van der Waals surface area contributed by atoms with E-state index >= 15 is 0 Å². The molecule has 6 nitrogen and oxygen atoms in total. The molecule has 1 aliphatic heterocycles. The van der Waals surface area contributed by atoms with Gasteiger partial charge in [-0.05, 0) is 44.0 Å². The third-order valence-corrected chi connectivity index (χ3v) is 5.05. The van der Waals surface area contributed by atoms with Crippen LogP contribution in [0.1, 0.15) is 42.3 Å². The van der Waals surface area contributed by atoms with Crippen LogP contribution in [0.2, 0.25) is 0 Å². The van der Waals surface area contributed by atoms with E-state index in [2.05, 4.69) is 32.4 Å². The Morgan fingerprint density at radius 3 is 2.85 bits per heavy atom. The maximum Gasteiger partial charge on any atom is 0.170 e. The van der Waals surface area contributed by atoms with Crippen molar-refractivity contribution in [2.45, 2.75) is 38.8 Å². The van der Waals surface area contributed by atoms with Gasteiger partial charge in [-0.1, -0.05) is 23.7 Å². The Bertz CT molecular complexity index is 853. The number of piperidine rings is 1. The number of nitrogens with one attached hydrogen (secondary N) is 1. The lowest BCUT2D eigenvalue weighted by Gasteiger charge is -2.35. The molecule has 0 bridgehead atoms. The number of hydrogen-bond acceptors (Lipinski definition) is 5. The summed E-state index contributed by atoms with van der Waals surface area (Å²) in [5, 5.41) is 11.5. The summed E-state index contributed by atoms with van der Waals surface area (Å²) in [4.78, 5) is 2.52. The molecule has 0 amide bonds. The third kappa shape index (κ3) is 3.37. The summed E-state index contributed by atoms with van der Waals surface area (Å²) in [7, 11) is 1.70. The zero-order valence-electron chi connectivity index (χ0n) is 15.2. The summed E-state index contributed by atoms with van der Waals surface area (Å²) < 4.78 is 10.7. The monoisotopic (exact) mass is 352 g/mol. The number of methoxy groups -OCH3 is 1. The first kappa shape index (κ1) is 16.8. The predicted molar refractivity (Wildman–Crippen MR) is 98.8 cm³/mol. The van der Waals surface area contributed by atoms with Crippen molar-refractivity contribution in [3.8, 4) is 17.1 Å². The van der Waals surface area contributed by atoms with Crippen LogP contribution in [0.15, 0.2) is 41.1 Å². The average molecular weight is 352 g/mol. The second kappa shape index (κ2) is 7.33. The van der Waals surface area contributed by atoms with Gasteiger partial charge in [0.05, 0.1) is 36.3 Å². The highest BCUT2D eigenvalue weighted by Crippen LogP contribution is 2.36. The maximum atomic E-state index is 5.48. The van der Waals surface area contributed by atoms with Crippen molar-refractivity contribution in [1.82, 2.24) is 20.3 Å². The van der Waals surface area contributed by atoms with Crippen molar-refractivity contribution in [1.29, 1.82) is 0 Å². The topological polar surface area (TPSA) is 67.2 Å². The van der Waals surface area contributed by atoms with Gasteiger partial charge in [-0.3, -0.25) is 10.00 Å². The van der Waals surface area contributed by atoms with Crippen molar-refractivity contribution >= 4 is 0 Å². The number of hydrogen-bond donors (Lipinski definition) is 1. The van der Waals surface area contributed by atoms with E-state index in [0.29, 0.717) is 6.04 Å². The number of aryl methyl sites for hydroxylation is 1. The van der Waals surface area contributed by atoms with Crippen LogP contribution in [0.5, 0.6) is 5.75 Å². The molecule has 3 aromatic rings. The highest BCUT2D eigenvalue weighted by Gasteiger charge is 2.28. The molecule has 6 heteroatoms. The molecular weight excluding hydrogens is 328 g/mol. The second-order valence-electron chi connectivity index (χ2n) is 6.86. The fourth-order valence-electron chi connectivity index (χ4n) is 3.71. The van der Waals surface area contributed by atoms with Crippen LogP contribution in [0.4, 0.5) is 0 Å². The van der Waals surface area contributed by atoms with Crippen LogP contribution < -0.4 is 4.74 Å². The molecule has 0 aliphatic carbocycles. The molecule has 1 fully saturated rings. The van der Waals surface area contributed by atoms with Gasteiger partial charge in [0.25, 0.3) is 0 Å². The largest absolute Gasteiger partial charge is 0.497 e. The summed E-state index contributed by atoms with van der Waals surface area (Å²) >= 11 is 0. The fourth-order valence-corrected chi connectivity index (χ4v) is 3.71. The Labute approximate surface area is 153 Å². The van der Waals surface area contributed by atoms with Gasteiger partial charge in [0.1, 0.15) is 5.75 Å². The lowest BCUT2D eigenvalue weighted by Crippen LogP contribution is -2.33. The molecule has 0 spiro atoms. The van der Waals surface area contributed by atoms with Crippen LogP contribution in [0.25, 0.3) is 11.3 Å². The molecule has 3 heterocycles. The predicted octanol–water partition coefficient (Wildman–Crippen LogP) is 4.11. The lowest BCUT2D eigenvalue weighted by atomic mass is 9.95. The summed E-state index contributed by atoms with van der Waals surface area (Å²) in [6.07, 6.45) is 5.39. The van der Waals surface area contributed by atoms with Crippen molar-refractivity contribution in [3.05, 3.63) is 53.5 Å². The van der Waals surface area contributed by atoms with E-state index < -0.39 is 0 Å². The van der Waals surface area contributed by atoms with E-state index in [9.17, 15) is 0 Å². The average Bonchev–Trinajstić information content (AvgIpc) is 3.31. The van der Waals surface area contributed by atoms with E-state index in [-0.39, 0.29) is 0 Å². The number of rotatable bonds is 5.